The standard InChI is InChI=1S/C16H27N3O3/c20-16(14-10-15(14)19(21)22)17-13-6-8-18(9-7-13)11-12-4-2-1-3-5-12/h12-15H,1-11H2,(H,17,20)/t14-,15-/m1/s1. The molecule has 1 saturated heterocycles. The molecule has 0 spiro atoms. The molecule has 1 N–H and O–H groups in total. The maximum Gasteiger partial charge on any atom is 0.230 e. The molecule has 2 aliphatic carbocycles. The Morgan fingerprint density at radius 3 is 2.41 bits per heavy atom. The molecule has 124 valence electrons. The van der Waals surface area contributed by atoms with Gasteiger partial charge in [-0.15, -0.1) is 0 Å². The number of piperidine rings is 1. The minimum atomic E-state index is -0.633. The van der Waals surface area contributed by atoms with Gasteiger partial charge in [0.1, 0.15) is 5.92 Å². The Kier molecular flexibility index (Phi) is 4.96. The largest absolute Gasteiger partial charge is 0.353 e. The van der Waals surface area contributed by atoms with Crippen LogP contribution in [0.3, 0.4) is 0 Å². The van der Waals surface area contributed by atoms with E-state index in [1.807, 2.05) is 0 Å². The van der Waals surface area contributed by atoms with Gasteiger partial charge in [0.05, 0.1) is 0 Å². The highest BCUT2D eigenvalue weighted by atomic mass is 16.6. The van der Waals surface area contributed by atoms with Crippen LogP contribution in [0.5, 0.6) is 0 Å². The Morgan fingerprint density at radius 2 is 1.82 bits per heavy atom. The Morgan fingerprint density at radius 1 is 1.14 bits per heavy atom. The third kappa shape index (κ3) is 3.97. The van der Waals surface area contributed by atoms with Gasteiger partial charge in [0, 0.05) is 37.0 Å². The van der Waals surface area contributed by atoms with Crippen LogP contribution >= 0.6 is 0 Å². The molecule has 3 aliphatic rings. The van der Waals surface area contributed by atoms with Gasteiger partial charge in [-0.2, -0.15) is 0 Å². The van der Waals surface area contributed by atoms with Crippen LogP contribution in [0.15, 0.2) is 0 Å². The van der Waals surface area contributed by atoms with Gasteiger partial charge in [0.15, 0.2) is 0 Å². The number of likely N-dealkylation sites (tertiary alicyclic amines) is 1. The van der Waals surface area contributed by atoms with Gasteiger partial charge in [-0.1, -0.05) is 19.3 Å². The van der Waals surface area contributed by atoms with E-state index in [1.165, 1.54) is 38.6 Å². The van der Waals surface area contributed by atoms with Crippen LogP contribution in [-0.2, 0) is 4.79 Å². The van der Waals surface area contributed by atoms with E-state index in [-0.39, 0.29) is 22.8 Å². The summed E-state index contributed by atoms with van der Waals surface area (Å²) in [7, 11) is 0. The molecule has 2 atom stereocenters. The quantitative estimate of drug-likeness (QED) is 0.621. The number of nitrogens with zero attached hydrogens (tertiary/aromatic N) is 2. The first-order valence-electron chi connectivity index (χ1n) is 8.79. The summed E-state index contributed by atoms with van der Waals surface area (Å²) >= 11 is 0. The second-order valence-electron chi connectivity index (χ2n) is 7.28. The Labute approximate surface area is 131 Å². The Hall–Kier alpha value is -1.17. The van der Waals surface area contributed by atoms with Crippen molar-refractivity contribution in [3.63, 3.8) is 0 Å². The molecular formula is C16H27N3O3. The lowest BCUT2D eigenvalue weighted by molar-refractivity contribution is -0.497. The highest BCUT2D eigenvalue weighted by Crippen LogP contribution is 2.33. The highest BCUT2D eigenvalue weighted by molar-refractivity contribution is 5.82. The number of carbonyl (C=O) groups excluding carboxylic acids is 1. The van der Waals surface area contributed by atoms with Gasteiger partial charge < -0.3 is 10.2 Å². The van der Waals surface area contributed by atoms with Crippen LogP contribution in [0.2, 0.25) is 0 Å². The van der Waals surface area contributed by atoms with Gasteiger partial charge in [-0.25, -0.2) is 0 Å². The molecule has 3 fully saturated rings. The zero-order valence-corrected chi connectivity index (χ0v) is 13.2. The van der Waals surface area contributed by atoms with Crippen molar-refractivity contribution in [3.8, 4) is 0 Å². The minimum Gasteiger partial charge on any atom is -0.353 e. The molecule has 0 aromatic rings. The average Bonchev–Trinajstić information content (AvgIpc) is 3.31. The molecule has 0 unspecified atom stereocenters. The van der Waals surface area contributed by atoms with Gasteiger partial charge in [-0.05, 0) is 31.6 Å². The lowest BCUT2D eigenvalue weighted by Crippen LogP contribution is -2.46. The third-order valence-corrected chi connectivity index (χ3v) is 5.54. The predicted octanol–water partition coefficient (Wildman–Crippen LogP) is 1.81. The van der Waals surface area contributed by atoms with E-state index in [0.29, 0.717) is 6.42 Å². The van der Waals surface area contributed by atoms with Crippen LogP contribution in [-0.4, -0.2) is 47.4 Å². The van der Waals surface area contributed by atoms with Crippen LogP contribution in [0.4, 0.5) is 0 Å². The molecule has 2 saturated carbocycles. The zero-order chi connectivity index (χ0) is 15.5. The predicted molar refractivity (Wildman–Crippen MR) is 83.1 cm³/mol. The van der Waals surface area contributed by atoms with Gasteiger partial charge in [-0.3, -0.25) is 14.9 Å². The smallest absolute Gasteiger partial charge is 0.230 e. The Bertz CT molecular complexity index is 415. The first kappa shape index (κ1) is 15.7. The molecule has 1 amide bonds. The summed E-state index contributed by atoms with van der Waals surface area (Å²) in [5.74, 6) is 0.384. The molecular weight excluding hydrogens is 282 g/mol. The molecule has 6 nitrogen and oxygen atoms in total. The first-order valence-corrected chi connectivity index (χ1v) is 8.79. The lowest BCUT2D eigenvalue weighted by atomic mass is 9.88. The summed E-state index contributed by atoms with van der Waals surface area (Å²) in [5, 5.41) is 13.6. The minimum absolute atomic E-state index is 0.104. The maximum absolute atomic E-state index is 12.0. The highest BCUT2D eigenvalue weighted by Gasteiger charge is 2.53. The van der Waals surface area contributed by atoms with E-state index in [0.717, 1.165) is 31.8 Å². The molecule has 1 aliphatic heterocycles. The maximum atomic E-state index is 12.0. The summed E-state index contributed by atoms with van der Waals surface area (Å²) in [4.78, 5) is 24.8. The zero-order valence-electron chi connectivity index (χ0n) is 13.2. The fraction of sp³-hybridized carbons (Fsp3) is 0.938. The fourth-order valence-corrected chi connectivity index (χ4v) is 4.00. The van der Waals surface area contributed by atoms with Crippen LogP contribution in [0, 0.1) is 22.0 Å². The molecule has 22 heavy (non-hydrogen) atoms. The van der Waals surface area contributed by atoms with Crippen molar-refractivity contribution in [3.05, 3.63) is 10.1 Å². The number of nitro groups is 1. The summed E-state index contributed by atoms with van der Waals surface area (Å²) < 4.78 is 0. The van der Waals surface area contributed by atoms with Gasteiger partial charge >= 0.3 is 0 Å². The van der Waals surface area contributed by atoms with Crippen molar-refractivity contribution in [2.45, 2.75) is 63.5 Å². The average molecular weight is 309 g/mol. The molecule has 0 aromatic heterocycles. The normalized spacial score (nSPS) is 30.9. The van der Waals surface area contributed by atoms with E-state index in [4.69, 9.17) is 0 Å². The SMILES string of the molecule is O=C(NC1CCN(CC2CCCCC2)CC1)[C@@H]1C[C@H]1[N+](=O)[O-]. The van der Waals surface area contributed by atoms with Crippen molar-refractivity contribution < 1.29 is 9.72 Å². The first-order chi connectivity index (χ1) is 10.6. The number of hydrogen-bond acceptors (Lipinski definition) is 4. The molecule has 0 radical (unpaired) electrons. The van der Waals surface area contributed by atoms with Crippen LogP contribution in [0.25, 0.3) is 0 Å². The second kappa shape index (κ2) is 6.94. The number of carbonyl (C=O) groups is 1. The van der Waals surface area contributed by atoms with Crippen LogP contribution in [0.1, 0.15) is 51.4 Å². The van der Waals surface area contributed by atoms with E-state index >= 15 is 0 Å². The van der Waals surface area contributed by atoms with Crippen molar-refractivity contribution >= 4 is 5.91 Å². The van der Waals surface area contributed by atoms with Crippen molar-refractivity contribution in [2.24, 2.45) is 11.8 Å². The topological polar surface area (TPSA) is 75.5 Å². The fourth-order valence-electron chi connectivity index (χ4n) is 4.00. The van der Waals surface area contributed by atoms with E-state index in [9.17, 15) is 14.9 Å². The molecule has 3 rings (SSSR count). The Balaban J connectivity index is 1.35. The molecule has 0 bridgehead atoms. The van der Waals surface area contributed by atoms with Crippen molar-refractivity contribution in [2.75, 3.05) is 19.6 Å². The van der Waals surface area contributed by atoms with E-state index < -0.39 is 6.04 Å². The van der Waals surface area contributed by atoms with Crippen molar-refractivity contribution in [1.82, 2.24) is 10.2 Å². The number of hydrogen-bond donors (Lipinski definition) is 1. The number of nitrogens with one attached hydrogen (secondary N) is 1. The number of amides is 1. The van der Waals surface area contributed by atoms with Crippen molar-refractivity contribution in [1.29, 1.82) is 0 Å². The second-order valence-corrected chi connectivity index (χ2v) is 7.28. The van der Waals surface area contributed by atoms with Crippen LogP contribution < -0.4 is 5.32 Å². The molecule has 0 aromatic carbocycles. The summed E-state index contributed by atoms with van der Waals surface area (Å²) in [6.07, 6.45) is 9.30. The van der Waals surface area contributed by atoms with E-state index in [2.05, 4.69) is 10.2 Å². The van der Waals surface area contributed by atoms with Gasteiger partial charge in [0.25, 0.3) is 0 Å². The lowest BCUT2D eigenvalue weighted by Gasteiger charge is -2.35. The van der Waals surface area contributed by atoms with Gasteiger partial charge in [0.2, 0.25) is 11.9 Å². The molecule has 1 heterocycles. The number of rotatable bonds is 5. The summed E-state index contributed by atoms with van der Waals surface area (Å²) in [6, 6.07) is -0.422. The van der Waals surface area contributed by atoms with E-state index in [1.54, 1.807) is 0 Å². The third-order valence-electron chi connectivity index (χ3n) is 5.54. The monoisotopic (exact) mass is 309 g/mol. The molecule has 6 heteroatoms. The summed E-state index contributed by atoms with van der Waals surface area (Å²) in [5.41, 5.74) is 0. The summed E-state index contributed by atoms with van der Waals surface area (Å²) in [6.45, 7) is 3.31.